The maximum atomic E-state index is 13.4. The number of ether oxygens (including phenoxy) is 4. The summed E-state index contributed by atoms with van der Waals surface area (Å²) in [5.74, 6) is 0.784. The molecular weight excluding hydrogens is 386 g/mol. The molecule has 0 atom stereocenters. The zero-order valence-electron chi connectivity index (χ0n) is 17.5. The summed E-state index contributed by atoms with van der Waals surface area (Å²) in [6, 6.07) is 12.3. The molecule has 156 valence electrons. The minimum atomic E-state index is -0.593. The summed E-state index contributed by atoms with van der Waals surface area (Å²) in [6.45, 7) is 1.70. The Hall–Kier alpha value is -3.74. The fourth-order valence-electron chi connectivity index (χ4n) is 3.33. The Labute approximate surface area is 175 Å². The number of allylic oxidation sites excluding steroid dienone is 1. The number of nitrogens with zero attached hydrogens (tertiary/aromatic N) is 1. The zero-order valence-corrected chi connectivity index (χ0v) is 17.5. The standard InChI is InChI=1S/C23H23NO6/c1-14-21(23(26)30-5)19(11-15-9-10-18(28-3)13-20(15)29-4)22(25)24(14)16-7-6-8-17(12-16)27-2/h6-13H,1-5H3/b19-11-. The summed E-state index contributed by atoms with van der Waals surface area (Å²) in [7, 11) is 5.92. The van der Waals surface area contributed by atoms with Crippen LogP contribution >= 0.6 is 0 Å². The van der Waals surface area contributed by atoms with E-state index in [1.165, 1.54) is 19.1 Å². The second kappa shape index (κ2) is 8.73. The molecule has 1 heterocycles. The summed E-state index contributed by atoms with van der Waals surface area (Å²) in [4.78, 5) is 27.4. The molecular formula is C23H23NO6. The molecule has 2 aromatic rings. The van der Waals surface area contributed by atoms with E-state index in [9.17, 15) is 9.59 Å². The van der Waals surface area contributed by atoms with Gasteiger partial charge in [-0.1, -0.05) is 6.07 Å². The van der Waals surface area contributed by atoms with Crippen molar-refractivity contribution in [2.24, 2.45) is 0 Å². The molecule has 0 N–H and O–H groups in total. The SMILES string of the molecule is COC(=O)C1=C(C)N(c2cccc(OC)c2)C(=O)/C1=C\c1ccc(OC)cc1OC. The maximum Gasteiger partial charge on any atom is 0.340 e. The van der Waals surface area contributed by atoms with E-state index in [4.69, 9.17) is 18.9 Å². The van der Waals surface area contributed by atoms with Crippen LogP contribution in [0.15, 0.2) is 59.3 Å². The molecule has 3 rings (SSSR count). The highest BCUT2D eigenvalue weighted by molar-refractivity contribution is 6.24. The minimum Gasteiger partial charge on any atom is -0.497 e. The van der Waals surface area contributed by atoms with Gasteiger partial charge in [0.25, 0.3) is 5.91 Å². The van der Waals surface area contributed by atoms with Crippen molar-refractivity contribution < 1.29 is 28.5 Å². The third kappa shape index (κ3) is 3.74. The summed E-state index contributed by atoms with van der Waals surface area (Å²) in [5, 5.41) is 0. The molecule has 7 heteroatoms. The number of carbonyl (C=O) groups excluding carboxylic acids is 2. The Bertz CT molecular complexity index is 1050. The summed E-state index contributed by atoms with van der Waals surface area (Å²) < 4.78 is 20.9. The van der Waals surface area contributed by atoms with E-state index in [2.05, 4.69) is 0 Å². The van der Waals surface area contributed by atoms with Gasteiger partial charge in [-0.25, -0.2) is 4.79 Å². The molecule has 30 heavy (non-hydrogen) atoms. The number of anilines is 1. The molecule has 0 fully saturated rings. The normalized spacial score (nSPS) is 14.9. The molecule has 2 aromatic carbocycles. The van der Waals surface area contributed by atoms with E-state index in [1.54, 1.807) is 69.7 Å². The van der Waals surface area contributed by atoms with Crippen molar-refractivity contribution in [3.63, 3.8) is 0 Å². The zero-order chi connectivity index (χ0) is 21.8. The third-order valence-electron chi connectivity index (χ3n) is 4.84. The lowest BCUT2D eigenvalue weighted by Crippen LogP contribution is -2.24. The number of amides is 1. The number of benzene rings is 2. The van der Waals surface area contributed by atoms with Crippen LogP contribution in [0.25, 0.3) is 6.08 Å². The molecule has 0 aliphatic carbocycles. The van der Waals surface area contributed by atoms with Gasteiger partial charge in [0.05, 0.1) is 45.3 Å². The predicted molar refractivity (Wildman–Crippen MR) is 113 cm³/mol. The Morgan fingerprint density at radius 2 is 1.63 bits per heavy atom. The summed E-state index contributed by atoms with van der Waals surface area (Å²) >= 11 is 0. The Kier molecular flexibility index (Phi) is 6.11. The van der Waals surface area contributed by atoms with Crippen LogP contribution in [0, 0.1) is 0 Å². The van der Waals surface area contributed by atoms with E-state index in [1.807, 2.05) is 0 Å². The first-order valence-corrected chi connectivity index (χ1v) is 9.17. The molecule has 0 bridgehead atoms. The highest BCUT2D eigenvalue weighted by Gasteiger charge is 2.38. The molecule has 0 saturated heterocycles. The molecule has 0 spiro atoms. The minimum absolute atomic E-state index is 0.197. The summed E-state index contributed by atoms with van der Waals surface area (Å²) in [5.41, 5.74) is 2.10. The van der Waals surface area contributed by atoms with Gasteiger partial charge in [0.2, 0.25) is 0 Å². The van der Waals surface area contributed by atoms with Gasteiger partial charge in [0.15, 0.2) is 0 Å². The van der Waals surface area contributed by atoms with Gasteiger partial charge in [-0.2, -0.15) is 0 Å². The van der Waals surface area contributed by atoms with Crippen LogP contribution in [0.4, 0.5) is 5.69 Å². The molecule has 1 amide bonds. The lowest BCUT2D eigenvalue weighted by Gasteiger charge is -2.18. The van der Waals surface area contributed by atoms with Crippen LogP contribution in [-0.4, -0.2) is 40.3 Å². The predicted octanol–water partition coefficient (Wildman–Crippen LogP) is 3.59. The molecule has 0 unspecified atom stereocenters. The van der Waals surface area contributed by atoms with Crippen LogP contribution in [0.5, 0.6) is 17.2 Å². The van der Waals surface area contributed by atoms with Gasteiger partial charge >= 0.3 is 5.97 Å². The van der Waals surface area contributed by atoms with Crippen molar-refractivity contribution in [3.8, 4) is 17.2 Å². The largest absolute Gasteiger partial charge is 0.497 e. The van der Waals surface area contributed by atoms with Crippen molar-refractivity contribution >= 4 is 23.6 Å². The second-order valence-electron chi connectivity index (χ2n) is 6.46. The highest BCUT2D eigenvalue weighted by atomic mass is 16.5. The average Bonchev–Trinajstić information content (AvgIpc) is 3.02. The Morgan fingerprint density at radius 1 is 0.933 bits per heavy atom. The van der Waals surface area contributed by atoms with E-state index in [-0.39, 0.29) is 17.1 Å². The van der Waals surface area contributed by atoms with Gasteiger partial charge < -0.3 is 18.9 Å². The maximum absolute atomic E-state index is 13.4. The lowest BCUT2D eigenvalue weighted by molar-refractivity contribution is -0.136. The number of carbonyl (C=O) groups is 2. The van der Waals surface area contributed by atoms with Crippen molar-refractivity contribution in [2.45, 2.75) is 6.92 Å². The number of rotatable bonds is 6. The average molecular weight is 409 g/mol. The Morgan fingerprint density at radius 3 is 2.27 bits per heavy atom. The van der Waals surface area contributed by atoms with E-state index in [0.29, 0.717) is 34.2 Å². The monoisotopic (exact) mass is 409 g/mol. The van der Waals surface area contributed by atoms with Crippen LogP contribution in [0.1, 0.15) is 12.5 Å². The van der Waals surface area contributed by atoms with Crippen LogP contribution < -0.4 is 19.1 Å². The smallest absolute Gasteiger partial charge is 0.340 e. The highest BCUT2D eigenvalue weighted by Crippen LogP contribution is 2.37. The molecule has 1 aliphatic rings. The first-order chi connectivity index (χ1) is 14.4. The van der Waals surface area contributed by atoms with Crippen molar-refractivity contribution in [2.75, 3.05) is 33.3 Å². The lowest BCUT2D eigenvalue weighted by atomic mass is 10.0. The fourth-order valence-corrected chi connectivity index (χ4v) is 3.33. The van der Waals surface area contributed by atoms with E-state index >= 15 is 0 Å². The van der Waals surface area contributed by atoms with Crippen LogP contribution in [0.2, 0.25) is 0 Å². The van der Waals surface area contributed by atoms with Crippen molar-refractivity contribution in [1.82, 2.24) is 0 Å². The first kappa shape index (κ1) is 21.0. The summed E-state index contributed by atoms with van der Waals surface area (Å²) in [6.07, 6.45) is 1.62. The van der Waals surface area contributed by atoms with Crippen molar-refractivity contribution in [3.05, 3.63) is 64.9 Å². The van der Waals surface area contributed by atoms with Crippen molar-refractivity contribution in [1.29, 1.82) is 0 Å². The molecule has 0 aromatic heterocycles. The van der Waals surface area contributed by atoms with Gasteiger partial charge in [0, 0.05) is 23.4 Å². The number of esters is 1. The quantitative estimate of drug-likeness (QED) is 0.536. The third-order valence-corrected chi connectivity index (χ3v) is 4.84. The second-order valence-corrected chi connectivity index (χ2v) is 6.46. The number of hydrogen-bond donors (Lipinski definition) is 0. The fraction of sp³-hybridized carbons (Fsp3) is 0.217. The van der Waals surface area contributed by atoms with E-state index < -0.39 is 5.97 Å². The first-order valence-electron chi connectivity index (χ1n) is 9.17. The molecule has 1 aliphatic heterocycles. The van der Waals surface area contributed by atoms with Crippen LogP contribution in [0.3, 0.4) is 0 Å². The Balaban J connectivity index is 2.16. The van der Waals surface area contributed by atoms with Gasteiger partial charge in [0.1, 0.15) is 17.2 Å². The topological polar surface area (TPSA) is 74.3 Å². The molecule has 7 nitrogen and oxygen atoms in total. The van der Waals surface area contributed by atoms with Crippen LogP contribution in [-0.2, 0) is 14.3 Å². The number of hydrogen-bond acceptors (Lipinski definition) is 6. The molecule has 0 saturated carbocycles. The van der Waals surface area contributed by atoms with E-state index in [0.717, 1.165) is 0 Å². The van der Waals surface area contributed by atoms with Gasteiger partial charge in [-0.15, -0.1) is 0 Å². The number of methoxy groups -OCH3 is 4. The van der Waals surface area contributed by atoms with Gasteiger partial charge in [-0.3, -0.25) is 9.69 Å². The van der Waals surface area contributed by atoms with Gasteiger partial charge in [-0.05, 0) is 37.3 Å². The molecule has 0 radical (unpaired) electrons.